The fourth-order valence-electron chi connectivity index (χ4n) is 3.14. The molecule has 2 N–H and O–H groups in total. The highest BCUT2D eigenvalue weighted by Crippen LogP contribution is 2.25. The molecule has 0 saturated carbocycles. The number of rotatable bonds is 6. The lowest BCUT2D eigenvalue weighted by molar-refractivity contribution is -0.140. The summed E-state index contributed by atoms with van der Waals surface area (Å²) in [5, 5.41) is 14.1. The van der Waals surface area contributed by atoms with Gasteiger partial charge in [-0.25, -0.2) is 0 Å². The summed E-state index contributed by atoms with van der Waals surface area (Å²) in [4.78, 5) is 23.4. The molecule has 0 spiro atoms. The highest BCUT2D eigenvalue weighted by molar-refractivity contribution is 5.84. The van der Waals surface area contributed by atoms with Gasteiger partial charge in [-0.2, -0.15) is 0 Å². The Hall–Kier alpha value is -2.60. The number of benzene rings is 2. The third-order valence-electron chi connectivity index (χ3n) is 4.43. The van der Waals surface area contributed by atoms with Crippen molar-refractivity contribution >= 4 is 22.6 Å². The first-order valence-corrected chi connectivity index (χ1v) is 8.29. The first-order chi connectivity index (χ1) is 12.1. The van der Waals surface area contributed by atoms with Gasteiger partial charge in [0.15, 0.2) is 6.61 Å². The van der Waals surface area contributed by atoms with Crippen LogP contribution in [0, 0.1) is 0 Å². The van der Waals surface area contributed by atoms with Crippen molar-refractivity contribution in [1.82, 2.24) is 5.32 Å². The van der Waals surface area contributed by atoms with Gasteiger partial charge in [-0.15, -0.1) is 0 Å². The fourth-order valence-corrected chi connectivity index (χ4v) is 3.14. The van der Waals surface area contributed by atoms with Gasteiger partial charge in [0.1, 0.15) is 5.75 Å². The van der Waals surface area contributed by atoms with Crippen molar-refractivity contribution < 1.29 is 24.2 Å². The van der Waals surface area contributed by atoms with Crippen LogP contribution in [0.1, 0.15) is 19.3 Å². The average Bonchev–Trinajstić information content (AvgIpc) is 2.60. The van der Waals surface area contributed by atoms with E-state index in [0.29, 0.717) is 31.8 Å². The maximum atomic E-state index is 12.3. The molecule has 1 aliphatic rings. The average molecular weight is 343 g/mol. The van der Waals surface area contributed by atoms with Crippen LogP contribution in [0.4, 0.5) is 0 Å². The van der Waals surface area contributed by atoms with E-state index in [2.05, 4.69) is 5.32 Å². The molecule has 0 unspecified atom stereocenters. The van der Waals surface area contributed by atoms with Gasteiger partial charge < -0.3 is 19.9 Å². The molecule has 0 radical (unpaired) electrons. The number of carbonyl (C=O) groups excluding carboxylic acids is 1. The number of hydrogen-bond donors (Lipinski definition) is 2. The van der Waals surface area contributed by atoms with E-state index >= 15 is 0 Å². The van der Waals surface area contributed by atoms with Crippen LogP contribution in [0.25, 0.3) is 10.8 Å². The van der Waals surface area contributed by atoms with Crippen molar-refractivity contribution in [3.05, 3.63) is 42.5 Å². The molecule has 0 aliphatic carbocycles. The Morgan fingerprint density at radius 1 is 1.12 bits per heavy atom. The van der Waals surface area contributed by atoms with Crippen molar-refractivity contribution in [3.8, 4) is 5.75 Å². The molecule has 1 amide bonds. The Balaban J connectivity index is 1.61. The van der Waals surface area contributed by atoms with Gasteiger partial charge in [0.2, 0.25) is 0 Å². The molecule has 25 heavy (non-hydrogen) atoms. The molecular weight excluding hydrogens is 322 g/mol. The minimum atomic E-state index is -0.933. The summed E-state index contributed by atoms with van der Waals surface area (Å²) < 4.78 is 10.9. The Kier molecular flexibility index (Phi) is 5.19. The van der Waals surface area contributed by atoms with Crippen LogP contribution in [0.2, 0.25) is 0 Å². The quantitative estimate of drug-likeness (QED) is 0.841. The van der Waals surface area contributed by atoms with E-state index in [1.54, 1.807) is 0 Å². The monoisotopic (exact) mass is 343 g/mol. The third kappa shape index (κ3) is 4.48. The van der Waals surface area contributed by atoms with Crippen LogP contribution in [-0.2, 0) is 14.3 Å². The maximum Gasteiger partial charge on any atom is 0.305 e. The second kappa shape index (κ2) is 7.53. The number of ether oxygens (including phenoxy) is 2. The minimum Gasteiger partial charge on any atom is -0.484 e. The normalized spacial score (nSPS) is 16.3. The molecule has 1 fully saturated rings. The number of carboxylic acid groups (broad SMARTS) is 1. The second-order valence-corrected chi connectivity index (χ2v) is 6.31. The van der Waals surface area contributed by atoms with Gasteiger partial charge in [0.05, 0.1) is 12.0 Å². The molecule has 132 valence electrons. The van der Waals surface area contributed by atoms with Gasteiger partial charge in [0, 0.05) is 13.2 Å². The zero-order chi connectivity index (χ0) is 17.7. The predicted octanol–water partition coefficient (Wildman–Crippen LogP) is 2.36. The summed E-state index contributed by atoms with van der Waals surface area (Å²) in [7, 11) is 0. The molecule has 6 nitrogen and oxygen atoms in total. The van der Waals surface area contributed by atoms with Gasteiger partial charge >= 0.3 is 5.97 Å². The molecular formula is C19H21NO5. The Bertz CT molecular complexity index is 767. The topological polar surface area (TPSA) is 84.9 Å². The summed E-state index contributed by atoms with van der Waals surface area (Å²) in [5.41, 5.74) is -0.756. The molecule has 1 saturated heterocycles. The minimum absolute atomic E-state index is 0.113. The summed E-state index contributed by atoms with van der Waals surface area (Å²) in [6, 6.07) is 13.5. The number of amides is 1. The first kappa shape index (κ1) is 17.2. The fraction of sp³-hybridized carbons (Fsp3) is 0.368. The predicted molar refractivity (Wildman–Crippen MR) is 92.6 cm³/mol. The van der Waals surface area contributed by atoms with Crippen molar-refractivity contribution in [2.24, 2.45) is 0 Å². The van der Waals surface area contributed by atoms with E-state index in [-0.39, 0.29) is 18.9 Å². The SMILES string of the molecule is O=C(O)CC1(NC(=O)COc2ccc3ccccc3c2)CCOCC1. The van der Waals surface area contributed by atoms with Crippen LogP contribution >= 0.6 is 0 Å². The molecule has 2 aromatic rings. The number of hydrogen-bond acceptors (Lipinski definition) is 4. The number of carboxylic acids is 1. The van der Waals surface area contributed by atoms with Gasteiger partial charge in [-0.05, 0) is 35.7 Å². The molecule has 0 bridgehead atoms. The van der Waals surface area contributed by atoms with E-state index in [1.165, 1.54) is 0 Å². The Morgan fingerprint density at radius 2 is 1.84 bits per heavy atom. The first-order valence-electron chi connectivity index (χ1n) is 8.29. The van der Waals surface area contributed by atoms with Crippen LogP contribution < -0.4 is 10.1 Å². The van der Waals surface area contributed by atoms with E-state index in [9.17, 15) is 9.59 Å². The van der Waals surface area contributed by atoms with Crippen LogP contribution in [0.5, 0.6) is 5.75 Å². The Labute approximate surface area is 145 Å². The molecule has 0 aromatic heterocycles. The van der Waals surface area contributed by atoms with Gasteiger partial charge in [0.25, 0.3) is 5.91 Å². The number of carbonyl (C=O) groups is 2. The summed E-state index contributed by atoms with van der Waals surface area (Å²) in [6.07, 6.45) is 0.861. The lowest BCUT2D eigenvalue weighted by Crippen LogP contribution is -2.54. The molecule has 0 atom stereocenters. The van der Waals surface area contributed by atoms with Gasteiger partial charge in [-0.3, -0.25) is 9.59 Å². The zero-order valence-electron chi connectivity index (χ0n) is 13.9. The molecule has 1 aliphatic heterocycles. The largest absolute Gasteiger partial charge is 0.484 e. The Morgan fingerprint density at radius 3 is 2.56 bits per heavy atom. The zero-order valence-corrected chi connectivity index (χ0v) is 13.9. The maximum absolute atomic E-state index is 12.3. The number of aliphatic carboxylic acids is 1. The van der Waals surface area contributed by atoms with Crippen molar-refractivity contribution in [3.63, 3.8) is 0 Å². The summed E-state index contributed by atoms with van der Waals surface area (Å²) in [5.74, 6) is -0.651. The molecule has 2 aromatic carbocycles. The van der Waals surface area contributed by atoms with Crippen molar-refractivity contribution in [1.29, 1.82) is 0 Å². The highest BCUT2D eigenvalue weighted by atomic mass is 16.5. The van der Waals surface area contributed by atoms with E-state index in [1.807, 2.05) is 42.5 Å². The highest BCUT2D eigenvalue weighted by Gasteiger charge is 2.36. The smallest absolute Gasteiger partial charge is 0.305 e. The van der Waals surface area contributed by atoms with E-state index < -0.39 is 11.5 Å². The van der Waals surface area contributed by atoms with Crippen molar-refractivity contribution in [2.75, 3.05) is 19.8 Å². The van der Waals surface area contributed by atoms with Gasteiger partial charge in [-0.1, -0.05) is 30.3 Å². The number of fused-ring (bicyclic) bond motifs is 1. The van der Waals surface area contributed by atoms with Crippen LogP contribution in [0.3, 0.4) is 0 Å². The second-order valence-electron chi connectivity index (χ2n) is 6.31. The summed E-state index contributed by atoms with van der Waals surface area (Å²) >= 11 is 0. The van der Waals surface area contributed by atoms with Crippen LogP contribution in [-0.4, -0.2) is 42.3 Å². The lowest BCUT2D eigenvalue weighted by atomic mass is 9.86. The molecule has 6 heteroatoms. The third-order valence-corrected chi connectivity index (χ3v) is 4.43. The molecule has 1 heterocycles. The summed E-state index contributed by atoms with van der Waals surface area (Å²) in [6.45, 7) is 0.735. The standard InChI is InChI=1S/C19H21NO5/c21-17(20-19(12-18(22)23)7-9-24-10-8-19)13-25-16-6-5-14-3-1-2-4-15(14)11-16/h1-6,11H,7-10,12-13H2,(H,20,21)(H,22,23). The molecule has 3 rings (SSSR count). The van der Waals surface area contributed by atoms with E-state index in [0.717, 1.165) is 10.8 Å². The van der Waals surface area contributed by atoms with Crippen molar-refractivity contribution in [2.45, 2.75) is 24.8 Å². The number of nitrogens with one attached hydrogen (secondary N) is 1. The van der Waals surface area contributed by atoms with E-state index in [4.69, 9.17) is 14.6 Å². The van der Waals surface area contributed by atoms with Crippen LogP contribution in [0.15, 0.2) is 42.5 Å². The lowest BCUT2D eigenvalue weighted by Gasteiger charge is -2.36.